The number of nitrogens with one attached hydrogen (secondary N) is 2. The van der Waals surface area contributed by atoms with E-state index in [0.717, 1.165) is 19.2 Å². The van der Waals surface area contributed by atoms with Gasteiger partial charge in [-0.25, -0.2) is 18.4 Å². The predicted molar refractivity (Wildman–Crippen MR) is 127 cm³/mol. The van der Waals surface area contributed by atoms with Gasteiger partial charge in [0.15, 0.2) is 11.5 Å². The molecule has 17 heteroatoms. The van der Waals surface area contributed by atoms with Crippen LogP contribution in [0, 0.1) is 23.5 Å². The van der Waals surface area contributed by atoms with Crippen molar-refractivity contribution in [2.45, 2.75) is 48.8 Å². The molecule has 0 aliphatic heterocycles. The Kier molecular flexibility index (Phi) is 7.47. The predicted octanol–water partition coefficient (Wildman–Crippen LogP) is 6.54. The van der Waals surface area contributed by atoms with Crippen molar-refractivity contribution in [1.29, 1.82) is 4.78 Å². The van der Waals surface area contributed by atoms with E-state index in [1.807, 2.05) is 0 Å². The van der Waals surface area contributed by atoms with Crippen molar-refractivity contribution >= 4 is 21.3 Å². The highest BCUT2D eigenvalue weighted by atomic mass is 32.2. The number of anilines is 1. The second-order valence-electron chi connectivity index (χ2n) is 9.32. The maximum atomic E-state index is 14.9. The Morgan fingerprint density at radius 2 is 1.76 bits per heavy atom. The minimum Gasteiger partial charge on any atom is -0.429 e. The van der Waals surface area contributed by atoms with E-state index >= 15 is 0 Å². The fourth-order valence-electron chi connectivity index (χ4n) is 4.24. The Bertz CT molecular complexity index is 1610. The van der Waals surface area contributed by atoms with Crippen LogP contribution in [0.4, 0.5) is 40.8 Å². The van der Waals surface area contributed by atoms with Gasteiger partial charge in [-0.15, -0.1) is 10.2 Å². The first-order chi connectivity index (χ1) is 18.8. The molecular formula is C24H19F8N5O3S. The highest BCUT2D eigenvalue weighted by Gasteiger charge is 2.60. The van der Waals surface area contributed by atoms with Gasteiger partial charge in [0.05, 0.1) is 15.4 Å². The van der Waals surface area contributed by atoms with Crippen molar-refractivity contribution in [2.75, 3.05) is 11.6 Å². The topological polar surface area (TPSA) is 118 Å². The van der Waals surface area contributed by atoms with E-state index in [0.29, 0.717) is 6.07 Å². The highest BCUT2D eigenvalue weighted by Crippen LogP contribution is 2.54. The van der Waals surface area contributed by atoms with Gasteiger partial charge in [0, 0.05) is 22.9 Å². The van der Waals surface area contributed by atoms with Crippen LogP contribution in [0.25, 0.3) is 0 Å². The number of aromatic nitrogens is 3. The summed E-state index contributed by atoms with van der Waals surface area (Å²) in [5.74, 6) is -7.38. The molecule has 1 unspecified atom stereocenters. The molecule has 1 amide bonds. The van der Waals surface area contributed by atoms with Crippen LogP contribution in [0.15, 0.2) is 35.2 Å². The van der Waals surface area contributed by atoms with Crippen LogP contribution in [0.2, 0.25) is 0 Å². The lowest BCUT2D eigenvalue weighted by Gasteiger charge is -2.42. The number of carbonyl (C=O) groups is 1. The van der Waals surface area contributed by atoms with Crippen molar-refractivity contribution < 1.29 is 48.9 Å². The molecule has 1 aromatic carbocycles. The fourth-order valence-corrected chi connectivity index (χ4v) is 4.93. The van der Waals surface area contributed by atoms with Crippen LogP contribution < -0.4 is 10.1 Å². The van der Waals surface area contributed by atoms with Gasteiger partial charge in [0.25, 0.3) is 17.7 Å². The van der Waals surface area contributed by atoms with Gasteiger partial charge in [-0.2, -0.15) is 30.7 Å². The Morgan fingerprint density at radius 1 is 1.10 bits per heavy atom. The van der Waals surface area contributed by atoms with E-state index < -0.39 is 92.2 Å². The van der Waals surface area contributed by atoms with E-state index in [9.17, 15) is 44.1 Å². The van der Waals surface area contributed by atoms with E-state index in [4.69, 9.17) is 9.52 Å². The smallest absolute Gasteiger partial charge is 0.429 e. The highest BCUT2D eigenvalue weighted by molar-refractivity contribution is 7.91. The second kappa shape index (κ2) is 10.2. The molecule has 41 heavy (non-hydrogen) atoms. The molecule has 1 atom stereocenters. The van der Waals surface area contributed by atoms with Crippen molar-refractivity contribution in [3.63, 3.8) is 0 Å². The molecule has 0 spiro atoms. The SMILES string of the molecule is Cc1c(C(F)(F)F)nnc(Oc2c(F)cc(C3(C(F)(F)F)CCC3)nc2F)c1C(=O)Nc1cccc(S(C)(=N)=O)c1. The van der Waals surface area contributed by atoms with Crippen LogP contribution in [-0.4, -0.2) is 37.7 Å². The zero-order valence-corrected chi connectivity index (χ0v) is 21.8. The van der Waals surface area contributed by atoms with Gasteiger partial charge < -0.3 is 10.1 Å². The molecule has 1 fully saturated rings. The van der Waals surface area contributed by atoms with Gasteiger partial charge >= 0.3 is 12.4 Å². The third-order valence-corrected chi connectivity index (χ3v) is 7.70. The van der Waals surface area contributed by atoms with Gasteiger partial charge in [-0.1, -0.05) is 12.5 Å². The summed E-state index contributed by atoms with van der Waals surface area (Å²) in [4.78, 5) is 16.3. The first kappa shape index (κ1) is 30.1. The van der Waals surface area contributed by atoms with Crippen molar-refractivity contribution in [3.8, 4) is 11.6 Å². The maximum absolute atomic E-state index is 14.9. The summed E-state index contributed by atoms with van der Waals surface area (Å²) in [6.07, 6.45) is -9.64. The number of nitrogens with zero attached hydrogens (tertiary/aromatic N) is 3. The van der Waals surface area contributed by atoms with Crippen LogP contribution >= 0.6 is 0 Å². The number of alkyl halides is 6. The lowest BCUT2D eigenvalue weighted by atomic mass is 9.66. The number of pyridine rings is 1. The van der Waals surface area contributed by atoms with Crippen molar-refractivity contribution in [1.82, 2.24) is 15.2 Å². The van der Waals surface area contributed by atoms with E-state index in [-0.39, 0.29) is 17.0 Å². The van der Waals surface area contributed by atoms with Gasteiger partial charge in [-0.3, -0.25) is 4.79 Å². The van der Waals surface area contributed by atoms with Crippen LogP contribution in [0.1, 0.15) is 46.6 Å². The first-order valence-corrected chi connectivity index (χ1v) is 13.5. The second-order valence-corrected chi connectivity index (χ2v) is 11.5. The minimum absolute atomic E-state index is 0.0225. The zero-order chi connectivity index (χ0) is 30.5. The number of halogens is 8. The standard InChI is InChI=1S/C24H19F8N5O3S/c1-11-16(20(38)34-12-5-3-6-13(9-12)41(2,33)39)21(37-36-18(11)23(27,28)29)40-17-14(25)10-15(35-19(17)26)22(7-4-8-22)24(30,31)32/h3,5-6,9-10,33H,4,7-8H2,1-2H3,(H,34,38). The molecule has 2 heterocycles. The normalized spacial score (nSPS) is 16.4. The number of ether oxygens (including phenoxy) is 1. The number of hydrogen-bond donors (Lipinski definition) is 2. The Hall–Kier alpha value is -3.89. The summed E-state index contributed by atoms with van der Waals surface area (Å²) >= 11 is 0. The zero-order valence-electron chi connectivity index (χ0n) is 21.0. The molecule has 0 bridgehead atoms. The summed E-state index contributed by atoms with van der Waals surface area (Å²) in [7, 11) is -3.25. The van der Waals surface area contributed by atoms with Crippen LogP contribution in [0.3, 0.4) is 0 Å². The fraction of sp³-hybridized carbons (Fsp3) is 0.333. The Labute approximate surface area is 227 Å². The van der Waals surface area contributed by atoms with Crippen molar-refractivity contribution in [2.24, 2.45) is 0 Å². The molecule has 8 nitrogen and oxygen atoms in total. The molecule has 4 rings (SSSR count). The molecule has 220 valence electrons. The number of benzene rings is 1. The maximum Gasteiger partial charge on any atom is 0.435 e. The van der Waals surface area contributed by atoms with Gasteiger partial charge in [-0.05, 0) is 43.5 Å². The van der Waals surface area contributed by atoms with Crippen LogP contribution in [-0.2, 0) is 21.3 Å². The number of amides is 1. The molecule has 0 radical (unpaired) electrons. The third kappa shape index (κ3) is 5.67. The minimum atomic E-state index is -5.11. The average Bonchev–Trinajstić information content (AvgIpc) is 2.78. The van der Waals surface area contributed by atoms with Crippen LogP contribution in [0.5, 0.6) is 11.6 Å². The Morgan fingerprint density at radius 3 is 2.27 bits per heavy atom. The summed E-state index contributed by atoms with van der Waals surface area (Å²) in [6, 6.07) is 5.33. The van der Waals surface area contributed by atoms with Crippen molar-refractivity contribution in [3.05, 3.63) is 64.6 Å². The summed E-state index contributed by atoms with van der Waals surface area (Å²) in [6.45, 7) is 0.816. The van der Waals surface area contributed by atoms with Gasteiger partial charge in [0.1, 0.15) is 11.0 Å². The van der Waals surface area contributed by atoms with Gasteiger partial charge in [0.2, 0.25) is 5.75 Å². The number of rotatable bonds is 6. The molecule has 3 aromatic rings. The lowest BCUT2D eigenvalue weighted by Crippen LogP contribution is -2.48. The number of carbonyl (C=O) groups excluding carboxylic acids is 1. The largest absolute Gasteiger partial charge is 0.435 e. The Balaban J connectivity index is 1.78. The summed E-state index contributed by atoms with van der Waals surface area (Å²) < 4.78 is 136. The molecule has 1 aliphatic rings. The monoisotopic (exact) mass is 609 g/mol. The van der Waals surface area contributed by atoms with E-state index in [2.05, 4.69) is 20.5 Å². The lowest BCUT2D eigenvalue weighted by molar-refractivity contribution is -0.214. The summed E-state index contributed by atoms with van der Waals surface area (Å²) in [5.41, 5.74) is -7.06. The molecule has 0 saturated heterocycles. The third-order valence-electron chi connectivity index (χ3n) is 6.55. The first-order valence-electron chi connectivity index (χ1n) is 11.6. The molecule has 1 aliphatic carbocycles. The summed E-state index contributed by atoms with van der Waals surface area (Å²) in [5, 5.41) is 8.34. The van der Waals surface area contributed by atoms with E-state index in [1.54, 1.807) is 0 Å². The molecule has 1 saturated carbocycles. The quantitative estimate of drug-likeness (QED) is 0.242. The van der Waals surface area contributed by atoms with E-state index in [1.165, 1.54) is 18.2 Å². The molecular weight excluding hydrogens is 590 g/mol. The molecule has 2 N–H and O–H groups in total. The average molecular weight is 609 g/mol. The number of hydrogen-bond acceptors (Lipinski definition) is 7. The molecule has 2 aromatic heterocycles.